The number of anilines is 1. The Morgan fingerprint density at radius 3 is 2.37 bits per heavy atom. The number of esters is 1. The van der Waals surface area contributed by atoms with E-state index in [4.69, 9.17) is 9.47 Å². The Morgan fingerprint density at radius 2 is 1.63 bits per heavy atom. The average molecular weight is 511 g/mol. The fourth-order valence-electron chi connectivity index (χ4n) is 4.33. The van der Waals surface area contributed by atoms with Crippen molar-refractivity contribution in [3.63, 3.8) is 0 Å². The minimum atomic E-state index is -0.709. The van der Waals surface area contributed by atoms with Crippen molar-refractivity contribution in [2.75, 3.05) is 18.1 Å². The smallest absolute Gasteiger partial charge is 0.311 e. The number of ether oxygens (including phenoxy) is 2. The maximum absolute atomic E-state index is 12.6. The zero-order chi connectivity index (χ0) is 26.6. The van der Waals surface area contributed by atoms with Crippen molar-refractivity contribution in [1.82, 2.24) is 0 Å². The Bertz CT molecular complexity index is 1530. The van der Waals surface area contributed by atoms with Gasteiger partial charge in [-0.2, -0.15) is 0 Å². The van der Waals surface area contributed by atoms with Gasteiger partial charge in [-0.1, -0.05) is 36.4 Å². The van der Waals surface area contributed by atoms with Gasteiger partial charge in [0.05, 0.1) is 10.8 Å². The highest BCUT2D eigenvalue weighted by atomic mass is 16.6. The molecule has 0 saturated carbocycles. The molecule has 0 N–H and O–H groups in total. The maximum Gasteiger partial charge on any atom is 0.311 e. The van der Waals surface area contributed by atoms with Gasteiger partial charge in [0.2, 0.25) is 5.91 Å². The minimum absolute atomic E-state index is 0.0290. The number of nitro benzene ring substituents is 1. The van der Waals surface area contributed by atoms with Gasteiger partial charge in [0, 0.05) is 41.7 Å². The number of non-ortho nitro benzene ring substituents is 1. The summed E-state index contributed by atoms with van der Waals surface area (Å²) in [5.74, 6) is -0.741. The molecular formula is C29H22N2O7. The van der Waals surface area contributed by atoms with Crippen molar-refractivity contribution in [3.05, 3.63) is 107 Å². The van der Waals surface area contributed by atoms with E-state index in [0.717, 1.165) is 16.5 Å². The van der Waals surface area contributed by atoms with Gasteiger partial charge in [-0.15, -0.1) is 0 Å². The van der Waals surface area contributed by atoms with Crippen LogP contribution in [0.1, 0.15) is 16.8 Å². The van der Waals surface area contributed by atoms with E-state index in [9.17, 15) is 24.5 Å². The number of amides is 1. The molecule has 0 spiro atoms. The lowest BCUT2D eigenvalue weighted by atomic mass is 10.1. The number of nitrogens with zero attached hydrogens (tertiary/aromatic N) is 2. The molecule has 5 rings (SSSR count). The summed E-state index contributed by atoms with van der Waals surface area (Å²) in [6, 6.07) is 25.8. The third-order valence-electron chi connectivity index (χ3n) is 6.33. The summed E-state index contributed by atoms with van der Waals surface area (Å²) >= 11 is 0. The molecule has 0 bridgehead atoms. The van der Waals surface area contributed by atoms with Crippen LogP contribution in [0.3, 0.4) is 0 Å². The lowest BCUT2D eigenvalue weighted by molar-refractivity contribution is -0.384. The highest BCUT2D eigenvalue weighted by Crippen LogP contribution is 2.32. The van der Waals surface area contributed by atoms with E-state index in [1.54, 1.807) is 24.3 Å². The minimum Gasteiger partial charge on any atom is -0.457 e. The number of benzene rings is 4. The van der Waals surface area contributed by atoms with Crippen LogP contribution >= 0.6 is 0 Å². The number of Topliss-reactive ketones (excluding diaryl/α,β-unsaturated/α-hetero) is 1. The molecule has 1 heterocycles. The second-order valence-electron chi connectivity index (χ2n) is 8.81. The summed E-state index contributed by atoms with van der Waals surface area (Å²) in [5.41, 5.74) is 0.673. The molecule has 1 amide bonds. The molecule has 9 heteroatoms. The number of hydrogen-bond donors (Lipinski definition) is 0. The SMILES string of the molecule is O=C(COC(=O)[C@H]1CC(=O)N(c2ccc(Oc3cccc4ccccc34)cc2)C1)c1ccc([N+](=O)[O-])cc1. The molecule has 1 saturated heterocycles. The van der Waals surface area contributed by atoms with E-state index < -0.39 is 29.2 Å². The van der Waals surface area contributed by atoms with Crippen molar-refractivity contribution in [1.29, 1.82) is 0 Å². The zero-order valence-electron chi connectivity index (χ0n) is 20.1. The predicted octanol–water partition coefficient (Wildman–Crippen LogP) is 5.32. The topological polar surface area (TPSA) is 116 Å². The highest BCUT2D eigenvalue weighted by molar-refractivity contribution is 6.01. The Balaban J connectivity index is 1.18. The van der Waals surface area contributed by atoms with Crippen molar-refractivity contribution in [2.24, 2.45) is 5.92 Å². The molecule has 9 nitrogen and oxygen atoms in total. The van der Waals surface area contributed by atoms with Crippen LogP contribution in [0.4, 0.5) is 11.4 Å². The van der Waals surface area contributed by atoms with Gasteiger partial charge in [0.25, 0.3) is 5.69 Å². The fraction of sp³-hybridized carbons (Fsp3) is 0.138. The van der Waals surface area contributed by atoms with Gasteiger partial charge >= 0.3 is 5.97 Å². The van der Waals surface area contributed by atoms with Crippen LogP contribution < -0.4 is 9.64 Å². The van der Waals surface area contributed by atoms with E-state index in [1.807, 2.05) is 42.5 Å². The van der Waals surface area contributed by atoms with Crippen LogP contribution in [0.2, 0.25) is 0 Å². The largest absolute Gasteiger partial charge is 0.457 e. The number of nitro groups is 1. The van der Waals surface area contributed by atoms with E-state index in [-0.39, 0.29) is 30.1 Å². The number of fused-ring (bicyclic) bond motifs is 1. The van der Waals surface area contributed by atoms with Crippen molar-refractivity contribution in [2.45, 2.75) is 6.42 Å². The van der Waals surface area contributed by atoms with E-state index >= 15 is 0 Å². The molecule has 4 aromatic rings. The fourth-order valence-corrected chi connectivity index (χ4v) is 4.33. The number of rotatable bonds is 8. The molecule has 0 radical (unpaired) electrons. The number of hydrogen-bond acceptors (Lipinski definition) is 7. The zero-order valence-corrected chi connectivity index (χ0v) is 20.1. The quantitative estimate of drug-likeness (QED) is 0.136. The Morgan fingerprint density at radius 1 is 0.921 bits per heavy atom. The van der Waals surface area contributed by atoms with Crippen LogP contribution in [-0.2, 0) is 14.3 Å². The first-order valence-corrected chi connectivity index (χ1v) is 11.9. The average Bonchev–Trinajstić information content (AvgIpc) is 3.33. The van der Waals surface area contributed by atoms with Crippen LogP contribution in [0, 0.1) is 16.0 Å². The van der Waals surface area contributed by atoms with E-state index in [1.165, 1.54) is 29.2 Å². The first kappa shape index (κ1) is 24.6. The summed E-state index contributed by atoms with van der Waals surface area (Å²) < 4.78 is 11.2. The lowest BCUT2D eigenvalue weighted by Gasteiger charge is -2.17. The Hall–Kier alpha value is -5.05. The van der Waals surface area contributed by atoms with Gasteiger partial charge in [0.1, 0.15) is 11.5 Å². The lowest BCUT2D eigenvalue weighted by Crippen LogP contribution is -2.27. The number of carbonyl (C=O) groups is 3. The van der Waals surface area contributed by atoms with E-state index in [0.29, 0.717) is 11.4 Å². The van der Waals surface area contributed by atoms with Gasteiger partial charge in [-0.05, 0) is 47.9 Å². The molecule has 4 aromatic carbocycles. The first-order chi connectivity index (χ1) is 18.4. The van der Waals surface area contributed by atoms with Crippen LogP contribution in [0.5, 0.6) is 11.5 Å². The van der Waals surface area contributed by atoms with Gasteiger partial charge in [-0.25, -0.2) is 0 Å². The van der Waals surface area contributed by atoms with Gasteiger partial charge < -0.3 is 14.4 Å². The number of ketones is 1. The van der Waals surface area contributed by atoms with Crippen LogP contribution in [0.15, 0.2) is 91.0 Å². The molecule has 1 fully saturated rings. The van der Waals surface area contributed by atoms with Crippen molar-refractivity contribution >= 4 is 39.8 Å². The van der Waals surface area contributed by atoms with Gasteiger partial charge in [0.15, 0.2) is 12.4 Å². The van der Waals surface area contributed by atoms with Crippen molar-refractivity contribution < 1.29 is 28.8 Å². The molecule has 1 aliphatic rings. The monoisotopic (exact) mass is 510 g/mol. The van der Waals surface area contributed by atoms with Gasteiger partial charge in [-0.3, -0.25) is 24.5 Å². The third-order valence-corrected chi connectivity index (χ3v) is 6.33. The summed E-state index contributed by atoms with van der Waals surface area (Å²) in [7, 11) is 0. The predicted molar refractivity (Wildman–Crippen MR) is 139 cm³/mol. The normalized spacial score (nSPS) is 14.9. The van der Waals surface area contributed by atoms with Crippen molar-refractivity contribution in [3.8, 4) is 11.5 Å². The Kier molecular flexibility index (Phi) is 6.82. The standard InChI is InChI=1S/C29H22N2O7/c32-26(20-8-10-23(11-9-20)31(35)36)18-37-29(34)21-16-28(33)30(17-21)22-12-14-24(15-13-22)38-27-7-3-5-19-4-1-2-6-25(19)27/h1-15,21H,16-18H2/t21-/m0/s1. The van der Waals surface area contributed by atoms with E-state index in [2.05, 4.69) is 0 Å². The van der Waals surface area contributed by atoms with Crippen LogP contribution in [-0.4, -0.2) is 35.7 Å². The molecule has 38 heavy (non-hydrogen) atoms. The molecular weight excluding hydrogens is 488 g/mol. The molecule has 1 aliphatic heterocycles. The molecule has 1 atom stereocenters. The summed E-state index contributed by atoms with van der Waals surface area (Å²) in [6.07, 6.45) is -0.0290. The molecule has 190 valence electrons. The summed E-state index contributed by atoms with van der Waals surface area (Å²) in [4.78, 5) is 49.2. The Labute approximate surface area is 217 Å². The summed E-state index contributed by atoms with van der Waals surface area (Å²) in [5, 5.41) is 12.8. The molecule has 0 aromatic heterocycles. The molecule has 0 aliphatic carbocycles. The summed E-state index contributed by atoms with van der Waals surface area (Å²) in [6.45, 7) is -0.381. The first-order valence-electron chi connectivity index (χ1n) is 11.9. The number of carbonyl (C=O) groups excluding carboxylic acids is 3. The third kappa shape index (κ3) is 5.22. The maximum atomic E-state index is 12.6. The van der Waals surface area contributed by atoms with Crippen LogP contribution in [0.25, 0.3) is 10.8 Å². The second-order valence-corrected chi connectivity index (χ2v) is 8.81. The highest BCUT2D eigenvalue weighted by Gasteiger charge is 2.36. The molecule has 0 unspecified atom stereocenters. The second kappa shape index (κ2) is 10.5.